The van der Waals surface area contributed by atoms with Crippen molar-refractivity contribution in [1.29, 1.82) is 0 Å². The highest BCUT2D eigenvalue weighted by Gasteiger charge is 2.18. The van der Waals surface area contributed by atoms with Crippen molar-refractivity contribution in [3.05, 3.63) is 63.6 Å². The van der Waals surface area contributed by atoms with Crippen LogP contribution in [0.25, 0.3) is 0 Å². The quantitative estimate of drug-likeness (QED) is 0.935. The lowest BCUT2D eigenvalue weighted by Gasteiger charge is -2.14. The van der Waals surface area contributed by atoms with Crippen LogP contribution in [0.4, 0.5) is 13.2 Å². The normalized spacial score (nSPS) is 12.5. The van der Waals surface area contributed by atoms with E-state index in [0.717, 1.165) is 10.0 Å². The average molecular weight is 331 g/mol. The summed E-state index contributed by atoms with van der Waals surface area (Å²) >= 11 is 3.25. The Morgan fingerprint density at radius 2 is 1.74 bits per heavy atom. The summed E-state index contributed by atoms with van der Waals surface area (Å²) in [7, 11) is 0. The van der Waals surface area contributed by atoms with Gasteiger partial charge in [-0.1, -0.05) is 0 Å². The molecule has 0 saturated carbocycles. The molecule has 6 heteroatoms. The van der Waals surface area contributed by atoms with E-state index in [1.165, 1.54) is 0 Å². The molecule has 0 saturated heterocycles. The van der Waals surface area contributed by atoms with E-state index < -0.39 is 23.5 Å². The molecule has 1 heterocycles. The highest BCUT2D eigenvalue weighted by atomic mass is 79.9. The molecule has 0 aliphatic carbocycles. The van der Waals surface area contributed by atoms with Gasteiger partial charge >= 0.3 is 0 Å². The van der Waals surface area contributed by atoms with Crippen LogP contribution in [-0.2, 0) is 6.42 Å². The van der Waals surface area contributed by atoms with E-state index in [4.69, 9.17) is 5.73 Å². The van der Waals surface area contributed by atoms with Crippen LogP contribution in [0.3, 0.4) is 0 Å². The van der Waals surface area contributed by atoms with Gasteiger partial charge in [0, 0.05) is 40.6 Å². The number of rotatable bonds is 3. The molecule has 0 bridgehead atoms. The lowest BCUT2D eigenvalue weighted by Crippen LogP contribution is -2.17. The Morgan fingerprint density at radius 3 is 2.32 bits per heavy atom. The molecule has 1 aromatic heterocycles. The lowest BCUT2D eigenvalue weighted by atomic mass is 9.99. The van der Waals surface area contributed by atoms with Crippen LogP contribution in [0.15, 0.2) is 35.1 Å². The summed E-state index contributed by atoms with van der Waals surface area (Å²) in [6.07, 6.45) is 3.35. The third-order valence-corrected chi connectivity index (χ3v) is 3.07. The second-order valence-electron chi connectivity index (χ2n) is 4.11. The van der Waals surface area contributed by atoms with Crippen LogP contribution < -0.4 is 5.73 Å². The van der Waals surface area contributed by atoms with E-state index in [9.17, 15) is 13.2 Å². The average Bonchev–Trinajstić information content (AvgIpc) is 2.27. The maximum atomic E-state index is 13.6. The van der Waals surface area contributed by atoms with Crippen molar-refractivity contribution in [3.8, 4) is 0 Å². The topological polar surface area (TPSA) is 38.9 Å². The molecular formula is C13H10BrF3N2. The fourth-order valence-electron chi connectivity index (χ4n) is 1.83. The fourth-order valence-corrected chi connectivity index (χ4v) is 2.24. The van der Waals surface area contributed by atoms with E-state index >= 15 is 0 Å². The Morgan fingerprint density at radius 1 is 1.11 bits per heavy atom. The number of pyridine rings is 1. The molecular weight excluding hydrogens is 321 g/mol. The number of aromatic nitrogens is 1. The summed E-state index contributed by atoms with van der Waals surface area (Å²) < 4.78 is 40.7. The van der Waals surface area contributed by atoms with E-state index in [2.05, 4.69) is 20.9 Å². The third kappa shape index (κ3) is 3.33. The molecule has 0 aliphatic rings. The third-order valence-electron chi connectivity index (χ3n) is 2.63. The predicted molar refractivity (Wildman–Crippen MR) is 68.9 cm³/mol. The van der Waals surface area contributed by atoms with Crippen molar-refractivity contribution in [1.82, 2.24) is 4.98 Å². The summed E-state index contributed by atoms with van der Waals surface area (Å²) in [5, 5.41) is 0. The van der Waals surface area contributed by atoms with Crippen molar-refractivity contribution in [2.45, 2.75) is 12.5 Å². The van der Waals surface area contributed by atoms with Gasteiger partial charge in [0.2, 0.25) is 0 Å². The lowest BCUT2D eigenvalue weighted by molar-refractivity contribution is 0.501. The van der Waals surface area contributed by atoms with Gasteiger partial charge in [0.15, 0.2) is 0 Å². The molecule has 2 rings (SSSR count). The molecule has 2 nitrogen and oxygen atoms in total. The zero-order valence-corrected chi connectivity index (χ0v) is 11.3. The number of hydrogen-bond donors (Lipinski definition) is 1. The molecule has 1 atom stereocenters. The van der Waals surface area contributed by atoms with Crippen LogP contribution in [0.1, 0.15) is 17.2 Å². The monoisotopic (exact) mass is 330 g/mol. The summed E-state index contributed by atoms with van der Waals surface area (Å²) in [5.74, 6) is -2.92. The Kier molecular flexibility index (Phi) is 4.21. The number of nitrogens with two attached hydrogens (primary N) is 1. The van der Waals surface area contributed by atoms with E-state index in [1.807, 2.05) is 0 Å². The van der Waals surface area contributed by atoms with Gasteiger partial charge in [0.05, 0.1) is 0 Å². The van der Waals surface area contributed by atoms with Crippen LogP contribution in [0.5, 0.6) is 0 Å². The first-order chi connectivity index (χ1) is 8.97. The first-order valence-corrected chi connectivity index (χ1v) is 6.26. The molecule has 1 aromatic carbocycles. The first-order valence-electron chi connectivity index (χ1n) is 5.47. The minimum absolute atomic E-state index is 0.200. The van der Waals surface area contributed by atoms with Gasteiger partial charge in [0.1, 0.15) is 17.5 Å². The molecule has 1 unspecified atom stereocenters. The van der Waals surface area contributed by atoms with Crippen molar-refractivity contribution >= 4 is 15.9 Å². The minimum atomic E-state index is -0.979. The van der Waals surface area contributed by atoms with Gasteiger partial charge in [0.25, 0.3) is 0 Å². The standard InChI is InChI=1S/C13H10BrF3N2/c14-8-1-7(5-19-6-8)2-12(18)13-10(16)3-9(15)4-11(13)17/h1,3-6,12H,2,18H2. The molecule has 0 aliphatic heterocycles. The van der Waals surface area contributed by atoms with E-state index in [-0.39, 0.29) is 12.0 Å². The first kappa shape index (κ1) is 14.0. The van der Waals surface area contributed by atoms with Gasteiger partial charge in [-0.3, -0.25) is 4.98 Å². The number of halogens is 4. The smallest absolute Gasteiger partial charge is 0.133 e. The maximum Gasteiger partial charge on any atom is 0.133 e. The molecule has 0 fully saturated rings. The number of nitrogens with zero attached hydrogens (tertiary/aromatic N) is 1. The van der Waals surface area contributed by atoms with Crippen LogP contribution in [0, 0.1) is 17.5 Å². The SMILES string of the molecule is NC(Cc1cncc(Br)c1)c1c(F)cc(F)cc1F. The van der Waals surface area contributed by atoms with Crippen LogP contribution in [0.2, 0.25) is 0 Å². The molecule has 2 N–H and O–H groups in total. The largest absolute Gasteiger partial charge is 0.323 e. The van der Waals surface area contributed by atoms with Gasteiger partial charge < -0.3 is 5.73 Å². The van der Waals surface area contributed by atoms with Gasteiger partial charge in [-0.2, -0.15) is 0 Å². The molecule has 100 valence electrons. The zero-order chi connectivity index (χ0) is 14.0. The fraction of sp³-hybridized carbons (Fsp3) is 0.154. The second-order valence-corrected chi connectivity index (χ2v) is 5.02. The highest BCUT2D eigenvalue weighted by Crippen LogP contribution is 2.24. The molecule has 0 amide bonds. The Hall–Kier alpha value is -1.40. The second kappa shape index (κ2) is 5.71. The Balaban J connectivity index is 2.28. The highest BCUT2D eigenvalue weighted by molar-refractivity contribution is 9.10. The van der Waals surface area contributed by atoms with Crippen molar-refractivity contribution in [2.24, 2.45) is 5.73 Å². The van der Waals surface area contributed by atoms with Crippen LogP contribution in [-0.4, -0.2) is 4.98 Å². The molecule has 0 spiro atoms. The van der Waals surface area contributed by atoms with Crippen LogP contribution >= 0.6 is 15.9 Å². The van der Waals surface area contributed by atoms with Gasteiger partial charge in [-0.05, 0) is 34.0 Å². The summed E-state index contributed by atoms with van der Waals surface area (Å²) in [6, 6.07) is 2.10. The maximum absolute atomic E-state index is 13.6. The van der Waals surface area contributed by atoms with E-state index in [0.29, 0.717) is 12.1 Å². The summed E-state index contributed by atoms with van der Waals surface area (Å²) in [5.41, 5.74) is 6.19. The van der Waals surface area contributed by atoms with Crippen molar-refractivity contribution in [3.63, 3.8) is 0 Å². The van der Waals surface area contributed by atoms with Crippen molar-refractivity contribution in [2.75, 3.05) is 0 Å². The molecule has 19 heavy (non-hydrogen) atoms. The van der Waals surface area contributed by atoms with Gasteiger partial charge in [-0.25, -0.2) is 13.2 Å². The zero-order valence-electron chi connectivity index (χ0n) is 9.71. The summed E-state index contributed by atoms with van der Waals surface area (Å²) in [4.78, 5) is 3.94. The Bertz CT molecular complexity index is 581. The number of benzene rings is 1. The minimum Gasteiger partial charge on any atom is -0.323 e. The summed E-state index contributed by atoms with van der Waals surface area (Å²) in [6.45, 7) is 0. The van der Waals surface area contributed by atoms with Crippen molar-refractivity contribution < 1.29 is 13.2 Å². The number of hydrogen-bond acceptors (Lipinski definition) is 2. The van der Waals surface area contributed by atoms with E-state index in [1.54, 1.807) is 18.5 Å². The molecule has 0 radical (unpaired) electrons. The van der Waals surface area contributed by atoms with Gasteiger partial charge in [-0.15, -0.1) is 0 Å². The predicted octanol–water partition coefficient (Wildman–Crippen LogP) is 3.50. The Labute approximate surface area is 116 Å². The molecule has 2 aromatic rings.